The number of hydrogen-bond donors (Lipinski definition) is 1. The zero-order chi connectivity index (χ0) is 22.8. The van der Waals surface area contributed by atoms with Crippen LogP contribution in [0.3, 0.4) is 0 Å². The molecule has 186 valence electrons. The van der Waals surface area contributed by atoms with E-state index in [0.29, 0.717) is 12.0 Å². The van der Waals surface area contributed by atoms with Crippen LogP contribution in [0.25, 0.3) is 0 Å². The van der Waals surface area contributed by atoms with Gasteiger partial charge in [0, 0.05) is 59.5 Å². The number of likely N-dealkylation sites (tertiary alicyclic amines) is 2. The first-order valence-corrected chi connectivity index (χ1v) is 12.2. The topological polar surface area (TPSA) is 60.4 Å². The molecule has 0 radical (unpaired) electrons. The standard InChI is InChI=1S/C25H41N5O2.HI/c1-4-32-17-9-14-26-25(27-18-24(31)28(2)3)30-16-13-23-22(20-30)12-8-15-29(23)19-21-10-6-5-7-11-21;/h5-7,10-11,22-23H,4,8-9,12-20H2,1-3H3,(H,26,27);1H. The molecular formula is C25H42IN5O2. The summed E-state index contributed by atoms with van der Waals surface area (Å²) >= 11 is 0. The Morgan fingerprint density at radius 3 is 2.73 bits per heavy atom. The lowest BCUT2D eigenvalue weighted by Crippen LogP contribution is -2.56. The van der Waals surface area contributed by atoms with Crippen molar-refractivity contribution in [1.82, 2.24) is 20.0 Å². The van der Waals surface area contributed by atoms with Gasteiger partial charge in [0.1, 0.15) is 6.54 Å². The zero-order valence-corrected chi connectivity index (χ0v) is 22.9. The Labute approximate surface area is 216 Å². The molecule has 0 aromatic heterocycles. The maximum Gasteiger partial charge on any atom is 0.243 e. The van der Waals surface area contributed by atoms with E-state index in [1.54, 1.807) is 19.0 Å². The van der Waals surface area contributed by atoms with Crippen LogP contribution in [0.2, 0.25) is 0 Å². The molecule has 2 saturated heterocycles. The van der Waals surface area contributed by atoms with E-state index in [-0.39, 0.29) is 36.4 Å². The summed E-state index contributed by atoms with van der Waals surface area (Å²) in [4.78, 5) is 23.5. The molecule has 0 aliphatic carbocycles. The molecule has 2 unspecified atom stereocenters. The van der Waals surface area contributed by atoms with E-state index in [9.17, 15) is 4.79 Å². The number of fused-ring (bicyclic) bond motifs is 1. The average molecular weight is 572 g/mol. The van der Waals surface area contributed by atoms with Crippen molar-refractivity contribution in [1.29, 1.82) is 0 Å². The molecular weight excluding hydrogens is 529 g/mol. The lowest BCUT2D eigenvalue weighted by atomic mass is 9.83. The van der Waals surface area contributed by atoms with Crippen LogP contribution in [0, 0.1) is 5.92 Å². The highest BCUT2D eigenvalue weighted by atomic mass is 127. The molecule has 8 heteroatoms. The van der Waals surface area contributed by atoms with Gasteiger partial charge in [0.25, 0.3) is 0 Å². The van der Waals surface area contributed by atoms with Crippen LogP contribution in [0.1, 0.15) is 38.2 Å². The highest BCUT2D eigenvalue weighted by Gasteiger charge is 2.36. The van der Waals surface area contributed by atoms with Gasteiger partial charge >= 0.3 is 0 Å². The second-order valence-electron chi connectivity index (χ2n) is 9.07. The van der Waals surface area contributed by atoms with Gasteiger partial charge in [-0.15, -0.1) is 24.0 Å². The number of benzene rings is 1. The van der Waals surface area contributed by atoms with Crippen LogP contribution in [-0.4, -0.2) is 92.6 Å². The summed E-state index contributed by atoms with van der Waals surface area (Å²) in [6.45, 7) is 8.69. The van der Waals surface area contributed by atoms with Gasteiger partial charge in [-0.3, -0.25) is 9.69 Å². The van der Waals surface area contributed by atoms with E-state index in [2.05, 4.69) is 45.4 Å². The van der Waals surface area contributed by atoms with Gasteiger partial charge < -0.3 is 19.9 Å². The first-order valence-electron chi connectivity index (χ1n) is 12.2. The van der Waals surface area contributed by atoms with Gasteiger partial charge in [0.05, 0.1) is 0 Å². The fourth-order valence-corrected chi connectivity index (χ4v) is 4.78. The Bertz CT molecular complexity index is 731. The second-order valence-corrected chi connectivity index (χ2v) is 9.07. The van der Waals surface area contributed by atoms with Crippen molar-refractivity contribution >= 4 is 35.8 Å². The van der Waals surface area contributed by atoms with Gasteiger partial charge in [-0.05, 0) is 50.6 Å². The Balaban J connectivity index is 0.00000385. The third-order valence-corrected chi connectivity index (χ3v) is 6.53. The fourth-order valence-electron chi connectivity index (χ4n) is 4.78. The quantitative estimate of drug-likeness (QED) is 0.214. The predicted octanol–water partition coefficient (Wildman–Crippen LogP) is 3.05. The molecule has 0 saturated carbocycles. The molecule has 33 heavy (non-hydrogen) atoms. The second kappa shape index (κ2) is 14.8. The highest BCUT2D eigenvalue weighted by molar-refractivity contribution is 14.0. The van der Waals surface area contributed by atoms with Crippen LogP contribution < -0.4 is 5.32 Å². The first-order chi connectivity index (χ1) is 15.6. The summed E-state index contributed by atoms with van der Waals surface area (Å²) < 4.78 is 5.46. The lowest BCUT2D eigenvalue weighted by Gasteiger charge is -2.48. The van der Waals surface area contributed by atoms with Crippen LogP contribution in [0.5, 0.6) is 0 Å². The number of likely N-dealkylation sites (N-methyl/N-ethyl adjacent to an activating group) is 1. The van der Waals surface area contributed by atoms with Crippen LogP contribution in [-0.2, 0) is 16.1 Å². The van der Waals surface area contributed by atoms with Crippen molar-refractivity contribution in [3.8, 4) is 0 Å². The van der Waals surface area contributed by atoms with Crippen molar-refractivity contribution in [3.63, 3.8) is 0 Å². The largest absolute Gasteiger partial charge is 0.382 e. The predicted molar refractivity (Wildman–Crippen MR) is 145 cm³/mol. The molecule has 2 atom stereocenters. The van der Waals surface area contributed by atoms with E-state index in [0.717, 1.165) is 58.2 Å². The maximum absolute atomic E-state index is 12.1. The summed E-state index contributed by atoms with van der Waals surface area (Å²) in [7, 11) is 3.56. The number of aliphatic imine (C=N–C) groups is 1. The number of carbonyl (C=O) groups is 1. The van der Waals surface area contributed by atoms with E-state index in [1.165, 1.54) is 24.9 Å². The van der Waals surface area contributed by atoms with Gasteiger partial charge in [0.15, 0.2) is 5.96 Å². The van der Waals surface area contributed by atoms with Crippen molar-refractivity contribution in [2.45, 2.75) is 45.2 Å². The van der Waals surface area contributed by atoms with Crippen molar-refractivity contribution in [2.24, 2.45) is 10.9 Å². The van der Waals surface area contributed by atoms with E-state index in [4.69, 9.17) is 9.73 Å². The number of nitrogens with one attached hydrogen (secondary N) is 1. The normalized spacial score (nSPS) is 21.2. The summed E-state index contributed by atoms with van der Waals surface area (Å²) in [6.07, 6.45) is 4.58. The number of piperidine rings is 2. The zero-order valence-electron chi connectivity index (χ0n) is 20.5. The maximum atomic E-state index is 12.1. The van der Waals surface area contributed by atoms with E-state index in [1.807, 2.05) is 6.92 Å². The highest BCUT2D eigenvalue weighted by Crippen LogP contribution is 2.31. The van der Waals surface area contributed by atoms with Crippen LogP contribution in [0.4, 0.5) is 0 Å². The molecule has 0 bridgehead atoms. The number of amides is 1. The molecule has 1 aromatic carbocycles. The fraction of sp³-hybridized carbons (Fsp3) is 0.680. The number of ether oxygens (including phenoxy) is 1. The Kier molecular flexibility index (Phi) is 12.5. The summed E-state index contributed by atoms with van der Waals surface area (Å²) in [5, 5.41) is 3.50. The summed E-state index contributed by atoms with van der Waals surface area (Å²) in [5.74, 6) is 1.54. The molecule has 1 amide bonds. The van der Waals surface area contributed by atoms with Gasteiger partial charge in [-0.2, -0.15) is 0 Å². The van der Waals surface area contributed by atoms with Crippen molar-refractivity contribution in [3.05, 3.63) is 35.9 Å². The number of guanidine groups is 1. The third-order valence-electron chi connectivity index (χ3n) is 6.53. The number of halogens is 1. The SMILES string of the molecule is CCOCCCNC(=NCC(=O)N(C)C)N1CCC2C(CCCN2Cc2ccccc2)C1.I. The number of carbonyl (C=O) groups excluding carboxylic acids is 1. The molecule has 2 aliphatic heterocycles. The van der Waals surface area contributed by atoms with Crippen LogP contribution >= 0.6 is 24.0 Å². The van der Waals surface area contributed by atoms with Gasteiger partial charge in [-0.1, -0.05) is 30.3 Å². The first kappa shape index (κ1) is 27.9. The lowest BCUT2D eigenvalue weighted by molar-refractivity contribution is -0.127. The molecule has 0 spiro atoms. The minimum absolute atomic E-state index is 0. The molecule has 2 aliphatic rings. The van der Waals surface area contributed by atoms with Gasteiger partial charge in [-0.25, -0.2) is 4.99 Å². The summed E-state index contributed by atoms with van der Waals surface area (Å²) in [6, 6.07) is 11.4. The third kappa shape index (κ3) is 8.72. The Morgan fingerprint density at radius 2 is 2.00 bits per heavy atom. The molecule has 2 fully saturated rings. The Hall–Kier alpha value is -1.39. The minimum atomic E-state index is 0. The number of rotatable bonds is 9. The molecule has 1 N–H and O–H groups in total. The van der Waals surface area contributed by atoms with E-state index >= 15 is 0 Å². The van der Waals surface area contributed by atoms with Crippen molar-refractivity contribution < 1.29 is 9.53 Å². The van der Waals surface area contributed by atoms with Crippen LogP contribution in [0.15, 0.2) is 35.3 Å². The molecule has 1 aromatic rings. The van der Waals surface area contributed by atoms with Gasteiger partial charge in [0.2, 0.25) is 5.91 Å². The smallest absolute Gasteiger partial charge is 0.243 e. The molecule has 7 nitrogen and oxygen atoms in total. The number of hydrogen-bond acceptors (Lipinski definition) is 4. The molecule has 3 rings (SSSR count). The molecule has 2 heterocycles. The monoisotopic (exact) mass is 571 g/mol. The van der Waals surface area contributed by atoms with Crippen molar-refractivity contribution in [2.75, 3.05) is 60.0 Å². The Morgan fingerprint density at radius 1 is 1.21 bits per heavy atom. The summed E-state index contributed by atoms with van der Waals surface area (Å²) in [5.41, 5.74) is 1.40. The minimum Gasteiger partial charge on any atom is -0.382 e. The number of nitrogens with zero attached hydrogens (tertiary/aromatic N) is 4. The average Bonchev–Trinajstić information content (AvgIpc) is 2.81. The van der Waals surface area contributed by atoms with E-state index < -0.39 is 0 Å².